The second-order valence-electron chi connectivity index (χ2n) is 6.12. The van der Waals surface area contributed by atoms with Gasteiger partial charge in [-0.3, -0.25) is 9.78 Å². The maximum Gasteiger partial charge on any atom is 0.251 e. The highest BCUT2D eigenvalue weighted by Crippen LogP contribution is 2.29. The number of hydrogen-bond acceptors (Lipinski definition) is 4. The lowest BCUT2D eigenvalue weighted by molar-refractivity contribution is 0.0939. The predicted molar refractivity (Wildman–Crippen MR) is 104 cm³/mol. The molecule has 5 heteroatoms. The Morgan fingerprint density at radius 3 is 2.48 bits per heavy atom. The molecule has 1 heterocycles. The van der Waals surface area contributed by atoms with Gasteiger partial charge in [0.05, 0.1) is 13.2 Å². The SMILES string of the molecule is COc1ccc(C(=O)N[C@H](C)c2ccccc2)cc1OCc1ccncc1. The maximum absolute atomic E-state index is 12.6. The quantitative estimate of drug-likeness (QED) is 0.686. The number of carbonyl (C=O) groups excluding carboxylic acids is 1. The van der Waals surface area contributed by atoms with Gasteiger partial charge in [0.2, 0.25) is 0 Å². The molecule has 1 amide bonds. The van der Waals surface area contributed by atoms with Crippen LogP contribution in [0.3, 0.4) is 0 Å². The number of carbonyl (C=O) groups is 1. The van der Waals surface area contributed by atoms with Crippen molar-refractivity contribution in [1.82, 2.24) is 10.3 Å². The second kappa shape index (κ2) is 8.85. The standard InChI is InChI=1S/C22H22N2O3/c1-16(18-6-4-3-5-7-18)24-22(25)19-8-9-20(26-2)21(14-19)27-15-17-10-12-23-13-11-17/h3-14,16H,15H2,1-2H3,(H,24,25)/t16-/m1/s1. The van der Waals surface area contributed by atoms with E-state index in [2.05, 4.69) is 10.3 Å². The summed E-state index contributed by atoms with van der Waals surface area (Å²) in [6.07, 6.45) is 3.43. The van der Waals surface area contributed by atoms with Gasteiger partial charge in [-0.1, -0.05) is 30.3 Å². The zero-order valence-corrected chi connectivity index (χ0v) is 15.4. The van der Waals surface area contributed by atoms with E-state index in [1.165, 1.54) is 0 Å². The van der Waals surface area contributed by atoms with Gasteiger partial charge in [-0.25, -0.2) is 0 Å². The molecule has 3 aromatic rings. The number of nitrogens with zero attached hydrogens (tertiary/aromatic N) is 1. The van der Waals surface area contributed by atoms with E-state index in [-0.39, 0.29) is 11.9 Å². The number of rotatable bonds is 7. The van der Waals surface area contributed by atoms with Crippen molar-refractivity contribution in [2.45, 2.75) is 19.6 Å². The lowest BCUT2D eigenvalue weighted by atomic mass is 10.1. The fraction of sp³-hybridized carbons (Fsp3) is 0.182. The molecule has 0 fully saturated rings. The highest BCUT2D eigenvalue weighted by atomic mass is 16.5. The first-order valence-electron chi connectivity index (χ1n) is 8.73. The topological polar surface area (TPSA) is 60.5 Å². The van der Waals surface area contributed by atoms with Crippen molar-refractivity contribution in [1.29, 1.82) is 0 Å². The van der Waals surface area contributed by atoms with Gasteiger partial charge in [-0.15, -0.1) is 0 Å². The summed E-state index contributed by atoms with van der Waals surface area (Å²) in [5.41, 5.74) is 2.55. The van der Waals surface area contributed by atoms with Crippen molar-refractivity contribution in [2.75, 3.05) is 7.11 Å². The molecular formula is C22H22N2O3. The van der Waals surface area contributed by atoms with Crippen LogP contribution in [-0.2, 0) is 6.61 Å². The summed E-state index contributed by atoms with van der Waals surface area (Å²) in [7, 11) is 1.58. The van der Waals surface area contributed by atoms with Crippen molar-refractivity contribution in [3.8, 4) is 11.5 Å². The van der Waals surface area contributed by atoms with Crippen molar-refractivity contribution >= 4 is 5.91 Å². The van der Waals surface area contributed by atoms with Crippen LogP contribution in [0.1, 0.15) is 34.5 Å². The van der Waals surface area contributed by atoms with Crippen LogP contribution in [0.2, 0.25) is 0 Å². The van der Waals surface area contributed by atoms with Gasteiger partial charge in [0, 0.05) is 18.0 Å². The van der Waals surface area contributed by atoms with Crippen molar-refractivity contribution in [3.63, 3.8) is 0 Å². The Balaban J connectivity index is 1.72. The number of benzene rings is 2. The van der Waals surface area contributed by atoms with Crippen molar-refractivity contribution in [3.05, 3.63) is 89.7 Å². The average Bonchev–Trinajstić information content (AvgIpc) is 2.73. The first kappa shape index (κ1) is 18.5. The Kier molecular flexibility index (Phi) is 6.05. The van der Waals surface area contributed by atoms with E-state index in [9.17, 15) is 4.79 Å². The molecule has 0 spiro atoms. The van der Waals surface area contributed by atoms with Crippen LogP contribution < -0.4 is 14.8 Å². The lowest BCUT2D eigenvalue weighted by Crippen LogP contribution is -2.26. The molecular weight excluding hydrogens is 340 g/mol. The van der Waals surface area contributed by atoms with Crippen LogP contribution in [0, 0.1) is 0 Å². The van der Waals surface area contributed by atoms with Crippen LogP contribution in [0.15, 0.2) is 73.1 Å². The fourth-order valence-electron chi connectivity index (χ4n) is 2.68. The van der Waals surface area contributed by atoms with Gasteiger partial charge in [0.25, 0.3) is 5.91 Å². The Morgan fingerprint density at radius 2 is 1.78 bits per heavy atom. The molecule has 0 aliphatic heterocycles. The summed E-state index contributed by atoms with van der Waals surface area (Å²) in [6, 6.07) is 18.7. The number of hydrogen-bond donors (Lipinski definition) is 1. The Hall–Kier alpha value is -3.34. The van der Waals surface area contributed by atoms with E-state index in [0.29, 0.717) is 23.7 Å². The summed E-state index contributed by atoms with van der Waals surface area (Å²) in [6.45, 7) is 2.32. The second-order valence-corrected chi connectivity index (χ2v) is 6.12. The number of nitrogens with one attached hydrogen (secondary N) is 1. The molecule has 0 saturated carbocycles. The number of amides is 1. The van der Waals surface area contributed by atoms with Crippen LogP contribution in [0.4, 0.5) is 0 Å². The van der Waals surface area contributed by atoms with Crippen LogP contribution >= 0.6 is 0 Å². The molecule has 0 bridgehead atoms. The van der Waals surface area contributed by atoms with Gasteiger partial charge in [-0.05, 0) is 48.4 Å². The van der Waals surface area contributed by atoms with E-state index in [4.69, 9.17) is 9.47 Å². The molecule has 0 radical (unpaired) electrons. The molecule has 3 rings (SSSR count). The first-order chi connectivity index (χ1) is 13.2. The molecule has 1 N–H and O–H groups in total. The smallest absolute Gasteiger partial charge is 0.251 e. The van der Waals surface area contributed by atoms with Crippen LogP contribution in [0.25, 0.3) is 0 Å². The van der Waals surface area contributed by atoms with Gasteiger partial charge in [0.1, 0.15) is 6.61 Å². The third-order valence-corrected chi connectivity index (χ3v) is 4.22. The van der Waals surface area contributed by atoms with Gasteiger partial charge >= 0.3 is 0 Å². The van der Waals surface area contributed by atoms with Crippen molar-refractivity contribution in [2.24, 2.45) is 0 Å². The molecule has 5 nitrogen and oxygen atoms in total. The first-order valence-corrected chi connectivity index (χ1v) is 8.73. The monoisotopic (exact) mass is 362 g/mol. The molecule has 1 aromatic heterocycles. The summed E-state index contributed by atoms with van der Waals surface area (Å²) in [5.74, 6) is 0.939. The number of ether oxygens (including phenoxy) is 2. The van der Waals surface area contributed by atoms with Crippen LogP contribution in [-0.4, -0.2) is 18.0 Å². The maximum atomic E-state index is 12.6. The normalized spacial score (nSPS) is 11.5. The number of aromatic nitrogens is 1. The largest absolute Gasteiger partial charge is 0.493 e. The summed E-state index contributed by atoms with van der Waals surface area (Å²) in [5, 5.41) is 3.01. The lowest BCUT2D eigenvalue weighted by Gasteiger charge is -2.16. The third kappa shape index (κ3) is 4.85. The summed E-state index contributed by atoms with van der Waals surface area (Å²) >= 11 is 0. The van der Waals surface area contributed by atoms with Crippen molar-refractivity contribution < 1.29 is 14.3 Å². The number of pyridine rings is 1. The van der Waals surface area contributed by atoms with Gasteiger partial charge in [0.15, 0.2) is 11.5 Å². The molecule has 1 atom stereocenters. The molecule has 138 valence electrons. The third-order valence-electron chi connectivity index (χ3n) is 4.22. The minimum atomic E-state index is -0.164. The van der Waals surface area contributed by atoms with E-state index in [1.807, 2.05) is 49.4 Å². The summed E-state index contributed by atoms with van der Waals surface area (Å²) < 4.78 is 11.2. The zero-order valence-electron chi connectivity index (χ0n) is 15.4. The van der Waals surface area contributed by atoms with E-state index >= 15 is 0 Å². The minimum absolute atomic E-state index is 0.0954. The van der Waals surface area contributed by atoms with Gasteiger partial charge < -0.3 is 14.8 Å². The molecule has 2 aromatic carbocycles. The molecule has 0 saturated heterocycles. The summed E-state index contributed by atoms with van der Waals surface area (Å²) in [4.78, 5) is 16.6. The Morgan fingerprint density at radius 1 is 1.04 bits per heavy atom. The predicted octanol–water partition coefficient (Wildman–Crippen LogP) is 4.16. The highest BCUT2D eigenvalue weighted by Gasteiger charge is 2.14. The molecule has 0 aliphatic carbocycles. The van der Waals surface area contributed by atoms with E-state index in [1.54, 1.807) is 37.7 Å². The number of methoxy groups -OCH3 is 1. The molecule has 27 heavy (non-hydrogen) atoms. The zero-order chi connectivity index (χ0) is 19.1. The van der Waals surface area contributed by atoms with Crippen LogP contribution in [0.5, 0.6) is 11.5 Å². The Labute approximate surface area is 159 Å². The molecule has 0 unspecified atom stereocenters. The highest BCUT2D eigenvalue weighted by molar-refractivity contribution is 5.95. The average molecular weight is 362 g/mol. The van der Waals surface area contributed by atoms with Gasteiger partial charge in [-0.2, -0.15) is 0 Å². The fourth-order valence-corrected chi connectivity index (χ4v) is 2.68. The molecule has 0 aliphatic rings. The Bertz CT molecular complexity index is 883. The van der Waals surface area contributed by atoms with E-state index in [0.717, 1.165) is 11.1 Å². The van der Waals surface area contributed by atoms with E-state index < -0.39 is 0 Å². The minimum Gasteiger partial charge on any atom is -0.493 e.